The molecule has 1 aliphatic heterocycles. The molecule has 0 unspecified atom stereocenters. The zero-order valence-electron chi connectivity index (χ0n) is 11.3. The van der Waals surface area contributed by atoms with Crippen molar-refractivity contribution in [1.82, 2.24) is 14.8 Å². The third-order valence-corrected chi connectivity index (χ3v) is 4.35. The number of benzene rings is 1. The van der Waals surface area contributed by atoms with Crippen molar-refractivity contribution >= 4 is 38.4 Å². The number of carbonyl (C=O) groups excluding carboxylic acids is 1. The first-order valence-electron chi connectivity index (χ1n) is 6.60. The van der Waals surface area contributed by atoms with Crippen LogP contribution in [0.4, 0.5) is 5.69 Å². The van der Waals surface area contributed by atoms with Crippen LogP contribution in [-0.4, -0.2) is 53.9 Å². The van der Waals surface area contributed by atoms with E-state index in [9.17, 15) is 4.79 Å². The fourth-order valence-corrected chi connectivity index (χ4v) is 3.11. The van der Waals surface area contributed by atoms with Crippen LogP contribution in [0.5, 0.6) is 0 Å². The Hall–Kier alpha value is -1.53. The molecule has 1 aromatic carbocycles. The number of H-pyrrole nitrogens is 1. The number of nitrogens with zero attached hydrogens (tertiary/aromatic N) is 2. The number of nitrogen functional groups attached to an aromatic ring is 1. The van der Waals surface area contributed by atoms with E-state index in [0.717, 1.165) is 41.6 Å². The van der Waals surface area contributed by atoms with E-state index in [-0.39, 0.29) is 5.91 Å². The minimum Gasteiger partial charge on any atom is -0.399 e. The Labute approximate surface area is 125 Å². The van der Waals surface area contributed by atoms with Gasteiger partial charge in [-0.05, 0) is 41.2 Å². The lowest BCUT2D eigenvalue weighted by molar-refractivity contribution is 0.0659. The fraction of sp³-hybridized carbons (Fsp3) is 0.357. The summed E-state index contributed by atoms with van der Waals surface area (Å²) >= 11 is 3.47. The van der Waals surface area contributed by atoms with Gasteiger partial charge < -0.3 is 20.5 Å². The molecule has 0 saturated carbocycles. The summed E-state index contributed by atoms with van der Waals surface area (Å²) in [5.41, 5.74) is 8.04. The molecule has 0 atom stereocenters. The lowest BCUT2D eigenvalue weighted by atomic mass is 10.2. The summed E-state index contributed by atoms with van der Waals surface area (Å²) in [5, 5.41) is 0.953. The van der Waals surface area contributed by atoms with E-state index in [1.54, 1.807) is 0 Å². The molecule has 1 saturated heterocycles. The number of carbonyl (C=O) groups is 1. The third-order valence-electron chi connectivity index (χ3n) is 3.72. The molecule has 0 aliphatic carbocycles. The summed E-state index contributed by atoms with van der Waals surface area (Å²) in [6.07, 6.45) is 0. The molecule has 6 heteroatoms. The van der Waals surface area contributed by atoms with Crippen LogP contribution in [0.1, 0.15) is 10.5 Å². The van der Waals surface area contributed by atoms with Crippen LogP contribution >= 0.6 is 15.9 Å². The molecule has 0 radical (unpaired) electrons. The topological polar surface area (TPSA) is 65.4 Å². The Morgan fingerprint density at radius 3 is 2.65 bits per heavy atom. The van der Waals surface area contributed by atoms with Gasteiger partial charge in [0.15, 0.2) is 0 Å². The highest BCUT2D eigenvalue weighted by Gasteiger charge is 2.22. The van der Waals surface area contributed by atoms with E-state index >= 15 is 0 Å². The minimum absolute atomic E-state index is 0.0553. The number of hydrogen-bond acceptors (Lipinski definition) is 3. The van der Waals surface area contributed by atoms with Gasteiger partial charge in [0.1, 0.15) is 5.69 Å². The summed E-state index contributed by atoms with van der Waals surface area (Å²) in [5.74, 6) is 0.0553. The van der Waals surface area contributed by atoms with Gasteiger partial charge in [-0.1, -0.05) is 0 Å². The first-order chi connectivity index (χ1) is 9.54. The van der Waals surface area contributed by atoms with Crippen molar-refractivity contribution < 1.29 is 4.79 Å². The second-order valence-corrected chi connectivity index (χ2v) is 6.10. The number of anilines is 1. The van der Waals surface area contributed by atoms with Crippen molar-refractivity contribution in [2.75, 3.05) is 39.0 Å². The number of nitrogens with one attached hydrogen (secondary N) is 1. The van der Waals surface area contributed by atoms with Crippen molar-refractivity contribution in [2.24, 2.45) is 0 Å². The van der Waals surface area contributed by atoms with Crippen LogP contribution in [0.15, 0.2) is 22.7 Å². The van der Waals surface area contributed by atoms with Crippen molar-refractivity contribution in [3.8, 4) is 0 Å². The second-order valence-electron chi connectivity index (χ2n) is 5.25. The van der Waals surface area contributed by atoms with Crippen molar-refractivity contribution in [3.63, 3.8) is 0 Å². The molecule has 106 valence electrons. The number of aromatic nitrogens is 1. The summed E-state index contributed by atoms with van der Waals surface area (Å²) in [7, 11) is 2.07. The molecule has 2 heterocycles. The second kappa shape index (κ2) is 5.10. The van der Waals surface area contributed by atoms with Gasteiger partial charge in [0.25, 0.3) is 5.91 Å². The smallest absolute Gasteiger partial charge is 0.270 e. The minimum atomic E-state index is 0.0553. The van der Waals surface area contributed by atoms with Crippen LogP contribution in [0, 0.1) is 0 Å². The van der Waals surface area contributed by atoms with Gasteiger partial charge in [0, 0.05) is 41.7 Å². The Balaban J connectivity index is 1.90. The molecule has 3 N–H and O–H groups in total. The van der Waals surface area contributed by atoms with Crippen LogP contribution in [0.3, 0.4) is 0 Å². The molecular weight excluding hydrogens is 320 g/mol. The van der Waals surface area contributed by atoms with Gasteiger partial charge in [0.2, 0.25) is 0 Å². The normalized spacial score (nSPS) is 16.8. The highest BCUT2D eigenvalue weighted by molar-refractivity contribution is 9.10. The molecule has 0 spiro atoms. The molecule has 1 aromatic heterocycles. The SMILES string of the molecule is CN1CCN(C(=O)c2cc3cc(N)cc(Br)c3[nH]2)CC1. The van der Waals surface area contributed by atoms with Crippen LogP contribution in [-0.2, 0) is 0 Å². The molecule has 1 amide bonds. The third kappa shape index (κ3) is 2.41. The predicted octanol–water partition coefficient (Wildman–Crippen LogP) is 1.90. The quantitative estimate of drug-likeness (QED) is 0.781. The van der Waals surface area contributed by atoms with E-state index < -0.39 is 0 Å². The van der Waals surface area contributed by atoms with Crippen molar-refractivity contribution in [1.29, 1.82) is 0 Å². The maximum absolute atomic E-state index is 12.5. The van der Waals surface area contributed by atoms with Gasteiger partial charge in [-0.2, -0.15) is 0 Å². The van der Waals surface area contributed by atoms with Gasteiger partial charge in [0.05, 0.1) is 5.52 Å². The van der Waals surface area contributed by atoms with Crippen LogP contribution < -0.4 is 5.73 Å². The Bertz CT molecular complexity index is 658. The lowest BCUT2D eigenvalue weighted by Crippen LogP contribution is -2.47. The number of aromatic amines is 1. The first-order valence-corrected chi connectivity index (χ1v) is 7.39. The molecule has 5 nitrogen and oxygen atoms in total. The van der Waals surface area contributed by atoms with Gasteiger partial charge in [-0.25, -0.2) is 0 Å². The van der Waals surface area contributed by atoms with Crippen molar-refractivity contribution in [3.05, 3.63) is 28.4 Å². The highest BCUT2D eigenvalue weighted by atomic mass is 79.9. The van der Waals surface area contributed by atoms with Crippen LogP contribution in [0.25, 0.3) is 10.9 Å². The van der Waals surface area contributed by atoms with E-state index in [4.69, 9.17) is 5.73 Å². The number of hydrogen-bond donors (Lipinski definition) is 2. The van der Waals surface area contributed by atoms with Gasteiger partial charge in [-0.3, -0.25) is 4.79 Å². The molecule has 1 aliphatic rings. The first kappa shape index (κ1) is 13.5. The van der Waals surface area contributed by atoms with Crippen molar-refractivity contribution in [2.45, 2.75) is 0 Å². The number of rotatable bonds is 1. The van der Waals surface area contributed by atoms with E-state index in [1.807, 2.05) is 23.1 Å². The lowest BCUT2D eigenvalue weighted by Gasteiger charge is -2.32. The summed E-state index contributed by atoms with van der Waals surface area (Å²) in [4.78, 5) is 19.8. The van der Waals surface area contributed by atoms with E-state index in [0.29, 0.717) is 11.4 Å². The van der Waals surface area contributed by atoms with E-state index in [1.165, 1.54) is 0 Å². The maximum Gasteiger partial charge on any atom is 0.270 e. The highest BCUT2D eigenvalue weighted by Crippen LogP contribution is 2.27. The fourth-order valence-electron chi connectivity index (χ4n) is 2.52. The molecular formula is C14H17BrN4O. The average Bonchev–Trinajstić information content (AvgIpc) is 2.83. The van der Waals surface area contributed by atoms with Gasteiger partial charge in [-0.15, -0.1) is 0 Å². The molecule has 0 bridgehead atoms. The zero-order valence-corrected chi connectivity index (χ0v) is 12.9. The molecule has 1 fully saturated rings. The molecule has 2 aromatic rings. The number of halogens is 1. The van der Waals surface area contributed by atoms with Gasteiger partial charge >= 0.3 is 0 Å². The number of nitrogens with two attached hydrogens (primary N) is 1. The number of fused-ring (bicyclic) bond motifs is 1. The zero-order chi connectivity index (χ0) is 14.3. The monoisotopic (exact) mass is 336 g/mol. The molecule has 3 rings (SSSR count). The number of amides is 1. The number of piperazine rings is 1. The average molecular weight is 337 g/mol. The molecule has 20 heavy (non-hydrogen) atoms. The summed E-state index contributed by atoms with van der Waals surface area (Å²) < 4.78 is 0.880. The number of likely N-dealkylation sites (N-methyl/N-ethyl adjacent to an activating group) is 1. The predicted molar refractivity (Wildman–Crippen MR) is 83.8 cm³/mol. The standard InChI is InChI=1S/C14H17BrN4O/c1-18-2-4-19(5-3-18)14(20)12-7-9-6-10(16)8-11(15)13(9)17-12/h6-8,17H,2-5,16H2,1H3. The summed E-state index contributed by atoms with van der Waals surface area (Å²) in [6, 6.07) is 5.58. The Morgan fingerprint density at radius 2 is 1.95 bits per heavy atom. The maximum atomic E-state index is 12.5. The van der Waals surface area contributed by atoms with Crippen LogP contribution in [0.2, 0.25) is 0 Å². The summed E-state index contributed by atoms with van der Waals surface area (Å²) in [6.45, 7) is 3.38. The Kier molecular flexibility index (Phi) is 3.43. The Morgan fingerprint density at radius 1 is 1.25 bits per heavy atom. The van der Waals surface area contributed by atoms with E-state index in [2.05, 4.69) is 32.9 Å². The largest absolute Gasteiger partial charge is 0.399 e.